The fourth-order valence-corrected chi connectivity index (χ4v) is 0.829. The quantitative estimate of drug-likeness (QED) is 0.524. The largest absolute Gasteiger partial charge is 0.458 e. The van der Waals surface area contributed by atoms with Gasteiger partial charge < -0.3 is 14.6 Å². The molecule has 4 heteroatoms. The van der Waals surface area contributed by atoms with Crippen LogP contribution in [0.15, 0.2) is 0 Å². The lowest BCUT2D eigenvalue weighted by Gasteiger charge is -2.07. The molecule has 0 aromatic rings. The van der Waals surface area contributed by atoms with Crippen molar-refractivity contribution in [3.63, 3.8) is 0 Å². The van der Waals surface area contributed by atoms with Crippen LogP contribution in [0.25, 0.3) is 0 Å². The van der Waals surface area contributed by atoms with Gasteiger partial charge in [0, 0.05) is 6.42 Å². The highest BCUT2D eigenvalue weighted by molar-refractivity contribution is 5.70. The van der Waals surface area contributed by atoms with Crippen molar-refractivity contribution in [3.8, 4) is 0 Å². The molecule has 0 aromatic heterocycles. The fraction of sp³-hybridized carbons (Fsp3) is 0.833. The molecule has 0 radical (unpaired) electrons. The second-order valence-electron chi connectivity index (χ2n) is 2.13. The predicted molar refractivity (Wildman–Crippen MR) is 32.4 cm³/mol. The van der Waals surface area contributed by atoms with Gasteiger partial charge in [0.25, 0.3) is 0 Å². The molecular weight excluding hydrogens is 136 g/mol. The summed E-state index contributed by atoms with van der Waals surface area (Å²) in [5, 5.41) is 8.28. The van der Waals surface area contributed by atoms with Crippen molar-refractivity contribution in [1.29, 1.82) is 0 Å². The molecule has 0 bridgehead atoms. The topological polar surface area (TPSA) is 55.8 Å². The monoisotopic (exact) mass is 146 g/mol. The Morgan fingerprint density at radius 1 is 1.80 bits per heavy atom. The highest BCUT2D eigenvalue weighted by atomic mass is 16.6. The van der Waals surface area contributed by atoms with Crippen LogP contribution in [0.2, 0.25) is 0 Å². The number of hydrogen-bond acceptors (Lipinski definition) is 4. The predicted octanol–water partition coefficient (Wildman–Crippen LogP) is -0.689. The highest BCUT2D eigenvalue weighted by Gasteiger charge is 2.18. The molecule has 10 heavy (non-hydrogen) atoms. The van der Waals surface area contributed by atoms with Crippen LogP contribution in [-0.2, 0) is 14.3 Å². The first-order chi connectivity index (χ1) is 4.83. The highest BCUT2D eigenvalue weighted by Crippen LogP contribution is 2.07. The van der Waals surface area contributed by atoms with E-state index in [4.69, 9.17) is 14.6 Å². The Balaban J connectivity index is 2.17. The van der Waals surface area contributed by atoms with E-state index in [1.165, 1.54) is 0 Å². The minimum atomic E-state index is -0.574. The van der Waals surface area contributed by atoms with Gasteiger partial charge in [-0.25, -0.2) is 4.79 Å². The van der Waals surface area contributed by atoms with E-state index in [0.717, 1.165) is 6.42 Å². The van der Waals surface area contributed by atoms with Gasteiger partial charge >= 0.3 is 5.97 Å². The lowest BCUT2D eigenvalue weighted by molar-refractivity contribution is -0.152. The fourth-order valence-electron chi connectivity index (χ4n) is 0.829. The van der Waals surface area contributed by atoms with Crippen molar-refractivity contribution in [2.45, 2.75) is 12.5 Å². The summed E-state index contributed by atoms with van der Waals surface area (Å²) in [6.07, 6.45) is 0.603. The summed E-state index contributed by atoms with van der Waals surface area (Å²) in [7, 11) is 0. The third-order valence-electron chi connectivity index (χ3n) is 1.32. The molecular formula is C6H10O4. The molecule has 1 heterocycles. The number of rotatable bonds is 2. The number of ether oxygens (including phenoxy) is 2. The number of aliphatic hydroxyl groups is 1. The van der Waals surface area contributed by atoms with Crippen molar-refractivity contribution in [1.82, 2.24) is 0 Å². The molecule has 1 N–H and O–H groups in total. The molecule has 4 nitrogen and oxygen atoms in total. The maximum Gasteiger partial charge on any atom is 0.332 e. The Bertz CT molecular complexity index is 117. The Kier molecular flexibility index (Phi) is 2.65. The van der Waals surface area contributed by atoms with Crippen LogP contribution in [-0.4, -0.2) is 37.0 Å². The standard InChI is InChI=1S/C6H10O4/c7-3-6(8)10-5-1-2-9-4-5/h5,7H,1-4H2. The SMILES string of the molecule is O=C(CO)OC1CCOC1. The van der Waals surface area contributed by atoms with Gasteiger partial charge in [0.2, 0.25) is 0 Å². The zero-order valence-corrected chi connectivity index (χ0v) is 5.58. The van der Waals surface area contributed by atoms with E-state index in [9.17, 15) is 4.79 Å². The second-order valence-corrected chi connectivity index (χ2v) is 2.13. The first kappa shape index (κ1) is 7.50. The van der Waals surface area contributed by atoms with E-state index in [1.807, 2.05) is 0 Å². The molecule has 0 spiro atoms. The van der Waals surface area contributed by atoms with Gasteiger partial charge in [0.05, 0.1) is 13.2 Å². The third-order valence-corrected chi connectivity index (χ3v) is 1.32. The summed E-state index contributed by atoms with van der Waals surface area (Å²) in [6, 6.07) is 0. The van der Waals surface area contributed by atoms with Crippen molar-refractivity contribution in [2.75, 3.05) is 19.8 Å². The van der Waals surface area contributed by atoms with Gasteiger partial charge in [-0.15, -0.1) is 0 Å². The molecule has 0 amide bonds. The molecule has 58 valence electrons. The molecule has 0 saturated carbocycles. The lowest BCUT2D eigenvalue weighted by atomic mass is 10.3. The Morgan fingerprint density at radius 2 is 2.60 bits per heavy atom. The Morgan fingerprint density at radius 3 is 3.10 bits per heavy atom. The third kappa shape index (κ3) is 1.97. The van der Waals surface area contributed by atoms with Gasteiger partial charge in [-0.05, 0) is 0 Å². The van der Waals surface area contributed by atoms with Crippen LogP contribution in [0.3, 0.4) is 0 Å². The van der Waals surface area contributed by atoms with Crippen LogP contribution < -0.4 is 0 Å². The number of hydrogen-bond donors (Lipinski definition) is 1. The van der Waals surface area contributed by atoms with Crippen LogP contribution in [0, 0.1) is 0 Å². The van der Waals surface area contributed by atoms with Gasteiger partial charge in [0.15, 0.2) is 0 Å². The van der Waals surface area contributed by atoms with E-state index in [0.29, 0.717) is 13.2 Å². The van der Waals surface area contributed by atoms with E-state index < -0.39 is 12.6 Å². The van der Waals surface area contributed by atoms with Crippen LogP contribution in [0.1, 0.15) is 6.42 Å². The normalized spacial score (nSPS) is 24.7. The van der Waals surface area contributed by atoms with Crippen molar-refractivity contribution >= 4 is 5.97 Å². The lowest BCUT2D eigenvalue weighted by Crippen LogP contribution is -2.20. The zero-order valence-electron chi connectivity index (χ0n) is 5.58. The van der Waals surface area contributed by atoms with E-state index in [2.05, 4.69) is 0 Å². The van der Waals surface area contributed by atoms with Crippen LogP contribution in [0.5, 0.6) is 0 Å². The molecule has 1 aliphatic rings. The van der Waals surface area contributed by atoms with Gasteiger partial charge in [-0.1, -0.05) is 0 Å². The van der Waals surface area contributed by atoms with Crippen LogP contribution in [0.4, 0.5) is 0 Å². The number of esters is 1. The Hall–Kier alpha value is -0.610. The molecule has 1 aliphatic heterocycles. The summed E-state index contributed by atoms with van der Waals surface area (Å²) in [5.74, 6) is -0.574. The van der Waals surface area contributed by atoms with Gasteiger partial charge in [0.1, 0.15) is 12.7 Å². The van der Waals surface area contributed by atoms with Crippen LogP contribution >= 0.6 is 0 Å². The molecule has 0 aliphatic carbocycles. The summed E-state index contributed by atoms with van der Waals surface area (Å²) < 4.78 is 9.69. The smallest absolute Gasteiger partial charge is 0.332 e. The van der Waals surface area contributed by atoms with Crippen molar-refractivity contribution in [3.05, 3.63) is 0 Å². The summed E-state index contributed by atoms with van der Waals surface area (Å²) >= 11 is 0. The summed E-state index contributed by atoms with van der Waals surface area (Å²) in [4.78, 5) is 10.4. The average molecular weight is 146 g/mol. The molecule has 1 rings (SSSR count). The number of aliphatic hydroxyl groups excluding tert-OH is 1. The number of carbonyl (C=O) groups excluding carboxylic acids is 1. The second kappa shape index (κ2) is 3.53. The Labute approximate surface area is 58.7 Å². The summed E-state index contributed by atoms with van der Waals surface area (Å²) in [5.41, 5.74) is 0. The van der Waals surface area contributed by atoms with Crippen molar-refractivity contribution in [2.24, 2.45) is 0 Å². The number of carbonyl (C=O) groups is 1. The molecule has 0 aromatic carbocycles. The summed E-state index contributed by atoms with van der Waals surface area (Å²) in [6.45, 7) is 0.561. The van der Waals surface area contributed by atoms with E-state index >= 15 is 0 Å². The average Bonchev–Trinajstić information content (AvgIpc) is 2.40. The van der Waals surface area contributed by atoms with Gasteiger partial charge in [-0.3, -0.25) is 0 Å². The molecule has 1 saturated heterocycles. The first-order valence-electron chi connectivity index (χ1n) is 3.21. The first-order valence-corrected chi connectivity index (χ1v) is 3.21. The molecule has 1 unspecified atom stereocenters. The van der Waals surface area contributed by atoms with Gasteiger partial charge in [-0.2, -0.15) is 0 Å². The maximum atomic E-state index is 10.4. The van der Waals surface area contributed by atoms with E-state index in [-0.39, 0.29) is 6.10 Å². The zero-order chi connectivity index (χ0) is 7.40. The molecule has 1 atom stereocenters. The van der Waals surface area contributed by atoms with E-state index in [1.54, 1.807) is 0 Å². The maximum absolute atomic E-state index is 10.4. The van der Waals surface area contributed by atoms with Crippen molar-refractivity contribution < 1.29 is 19.4 Å². The molecule has 1 fully saturated rings. The minimum Gasteiger partial charge on any atom is -0.458 e. The minimum absolute atomic E-state index is 0.139.